The molecule has 2 N–H and O–H groups in total. The smallest absolute Gasteiger partial charge is 0.282 e. The van der Waals surface area contributed by atoms with Gasteiger partial charge in [-0.2, -0.15) is 0 Å². The first-order chi connectivity index (χ1) is 7.74. The fourth-order valence-electron chi connectivity index (χ4n) is 1.45. The van der Waals surface area contributed by atoms with Crippen molar-refractivity contribution in [3.63, 3.8) is 0 Å². The Bertz CT molecular complexity index is 395. The van der Waals surface area contributed by atoms with Crippen molar-refractivity contribution in [1.82, 2.24) is 0 Å². The Labute approximate surface area is 103 Å². The van der Waals surface area contributed by atoms with E-state index in [0.29, 0.717) is 13.2 Å². The fourth-order valence-corrected chi connectivity index (χ4v) is 1.83. The second kappa shape index (κ2) is 5.21. The zero-order valence-corrected chi connectivity index (χ0v) is 10.3. The van der Waals surface area contributed by atoms with Crippen molar-refractivity contribution in [3.8, 4) is 5.75 Å². The third-order valence-corrected chi connectivity index (χ3v) is 2.74. The van der Waals surface area contributed by atoms with Gasteiger partial charge in [-0.05, 0) is 18.2 Å². The van der Waals surface area contributed by atoms with Crippen LogP contribution in [0.2, 0.25) is 0 Å². The van der Waals surface area contributed by atoms with Crippen molar-refractivity contribution < 1.29 is 9.47 Å². The van der Waals surface area contributed by atoms with Gasteiger partial charge >= 0.3 is 0 Å². The Kier molecular flexibility index (Phi) is 3.66. The van der Waals surface area contributed by atoms with Crippen molar-refractivity contribution in [1.29, 1.82) is 0 Å². The molecule has 0 aliphatic carbocycles. The molecule has 4 nitrogen and oxygen atoms in total. The number of halogens is 1. The van der Waals surface area contributed by atoms with E-state index in [2.05, 4.69) is 20.9 Å². The Balaban J connectivity index is 1.76. The summed E-state index contributed by atoms with van der Waals surface area (Å²) in [6, 6.07) is 8.17. The standard InChI is InChI=1S/C11H13BrN2O2/c12-8-2-1-3-10(6-8)15-5-4-9-7-16-11(13)14-9/h1-3,6,9H,4-5,7H2,(H2,13,14). The number of hydrogen-bond donors (Lipinski definition) is 1. The summed E-state index contributed by atoms with van der Waals surface area (Å²) in [6.45, 7) is 1.18. The lowest BCUT2D eigenvalue weighted by Gasteiger charge is -2.08. The van der Waals surface area contributed by atoms with Crippen molar-refractivity contribution >= 4 is 22.0 Å². The van der Waals surface area contributed by atoms with E-state index < -0.39 is 0 Å². The number of amidine groups is 1. The first-order valence-corrected chi connectivity index (χ1v) is 5.88. The maximum atomic E-state index is 5.59. The number of hydrogen-bond acceptors (Lipinski definition) is 4. The van der Waals surface area contributed by atoms with Gasteiger partial charge in [0.15, 0.2) is 0 Å². The minimum atomic E-state index is 0.132. The molecule has 0 radical (unpaired) electrons. The number of nitrogens with zero attached hydrogens (tertiary/aromatic N) is 1. The van der Waals surface area contributed by atoms with Gasteiger partial charge in [0.1, 0.15) is 12.4 Å². The topological polar surface area (TPSA) is 56.8 Å². The van der Waals surface area contributed by atoms with Gasteiger partial charge < -0.3 is 15.2 Å². The molecule has 1 atom stereocenters. The van der Waals surface area contributed by atoms with Crippen molar-refractivity contribution in [3.05, 3.63) is 28.7 Å². The summed E-state index contributed by atoms with van der Waals surface area (Å²) < 4.78 is 11.7. The normalized spacial score (nSPS) is 19.1. The van der Waals surface area contributed by atoms with E-state index in [-0.39, 0.29) is 12.1 Å². The minimum Gasteiger partial charge on any atom is -0.493 e. The van der Waals surface area contributed by atoms with E-state index in [0.717, 1.165) is 16.6 Å². The second-order valence-electron chi connectivity index (χ2n) is 3.53. The average Bonchev–Trinajstić information content (AvgIpc) is 2.64. The molecule has 0 aromatic heterocycles. The van der Waals surface area contributed by atoms with Crippen LogP contribution in [0.25, 0.3) is 0 Å². The molecule has 0 saturated carbocycles. The number of ether oxygens (including phenoxy) is 2. The zero-order valence-electron chi connectivity index (χ0n) is 8.73. The van der Waals surface area contributed by atoms with Crippen LogP contribution < -0.4 is 10.5 Å². The van der Waals surface area contributed by atoms with Crippen LogP contribution in [0.15, 0.2) is 33.7 Å². The molecule has 1 heterocycles. The highest BCUT2D eigenvalue weighted by Gasteiger charge is 2.16. The lowest BCUT2D eigenvalue weighted by atomic mass is 10.2. The van der Waals surface area contributed by atoms with Gasteiger partial charge in [0.2, 0.25) is 0 Å². The van der Waals surface area contributed by atoms with Gasteiger partial charge in [0, 0.05) is 10.9 Å². The number of benzene rings is 1. The predicted molar refractivity (Wildman–Crippen MR) is 65.6 cm³/mol. The summed E-state index contributed by atoms with van der Waals surface area (Å²) in [4.78, 5) is 4.12. The summed E-state index contributed by atoms with van der Waals surface area (Å²) in [5, 5.41) is 0. The second-order valence-corrected chi connectivity index (χ2v) is 4.44. The molecule has 5 heteroatoms. The molecule has 1 aromatic carbocycles. The SMILES string of the molecule is NC1=NC(CCOc2cccc(Br)c2)CO1. The van der Waals surface area contributed by atoms with Gasteiger partial charge in [-0.25, -0.2) is 4.99 Å². The zero-order chi connectivity index (χ0) is 11.4. The van der Waals surface area contributed by atoms with Crippen molar-refractivity contribution in [2.75, 3.05) is 13.2 Å². The molecule has 0 spiro atoms. The van der Waals surface area contributed by atoms with Crippen LogP contribution in [0.5, 0.6) is 5.75 Å². The average molecular weight is 285 g/mol. The Morgan fingerprint density at radius 2 is 2.44 bits per heavy atom. The molecule has 1 unspecified atom stereocenters. The summed E-state index contributed by atoms with van der Waals surface area (Å²) in [5.74, 6) is 0.852. The molecule has 0 fully saturated rings. The third-order valence-electron chi connectivity index (χ3n) is 2.25. The maximum absolute atomic E-state index is 5.59. The molecule has 0 amide bonds. The van der Waals surface area contributed by atoms with Crippen molar-refractivity contribution in [2.24, 2.45) is 10.7 Å². The Morgan fingerprint density at radius 3 is 3.12 bits per heavy atom. The van der Waals surface area contributed by atoms with Gasteiger partial charge in [0.05, 0.1) is 12.6 Å². The van der Waals surface area contributed by atoms with Crippen LogP contribution >= 0.6 is 15.9 Å². The predicted octanol–water partition coefficient (Wildman–Crippen LogP) is 1.93. The van der Waals surface area contributed by atoms with E-state index in [1.54, 1.807) is 0 Å². The number of rotatable bonds is 4. The quantitative estimate of drug-likeness (QED) is 0.919. The van der Waals surface area contributed by atoms with Crippen LogP contribution in [0, 0.1) is 0 Å². The van der Waals surface area contributed by atoms with Gasteiger partial charge in [-0.1, -0.05) is 22.0 Å². The third kappa shape index (κ3) is 3.13. The highest BCUT2D eigenvalue weighted by molar-refractivity contribution is 9.10. The van der Waals surface area contributed by atoms with E-state index in [9.17, 15) is 0 Å². The van der Waals surface area contributed by atoms with E-state index in [1.165, 1.54) is 0 Å². The largest absolute Gasteiger partial charge is 0.493 e. The molecule has 0 saturated heterocycles. The number of aliphatic imine (C=N–C) groups is 1. The molecular formula is C11H13BrN2O2. The van der Waals surface area contributed by atoms with Gasteiger partial charge in [-0.3, -0.25) is 0 Å². The highest BCUT2D eigenvalue weighted by atomic mass is 79.9. The summed E-state index contributed by atoms with van der Waals surface area (Å²) in [7, 11) is 0. The molecule has 1 aliphatic rings. The lowest BCUT2D eigenvalue weighted by molar-refractivity contribution is 0.263. The van der Waals surface area contributed by atoms with Crippen LogP contribution in [0.1, 0.15) is 6.42 Å². The number of nitrogens with two attached hydrogens (primary N) is 1. The molecule has 1 aliphatic heterocycles. The monoisotopic (exact) mass is 284 g/mol. The Hall–Kier alpha value is -1.23. The first kappa shape index (κ1) is 11.3. The minimum absolute atomic E-state index is 0.132. The molecule has 86 valence electrons. The van der Waals surface area contributed by atoms with Gasteiger partial charge in [0.25, 0.3) is 6.02 Å². The molecule has 1 aromatic rings. The fraction of sp³-hybridized carbons (Fsp3) is 0.364. The van der Waals surface area contributed by atoms with Crippen LogP contribution in [-0.4, -0.2) is 25.3 Å². The van der Waals surface area contributed by atoms with E-state index in [4.69, 9.17) is 15.2 Å². The Morgan fingerprint density at radius 1 is 1.56 bits per heavy atom. The summed E-state index contributed by atoms with van der Waals surface area (Å²) in [5.41, 5.74) is 5.41. The van der Waals surface area contributed by atoms with Gasteiger partial charge in [-0.15, -0.1) is 0 Å². The lowest BCUT2D eigenvalue weighted by Crippen LogP contribution is -2.12. The summed E-state index contributed by atoms with van der Waals surface area (Å²) in [6.07, 6.45) is 0.813. The molecule has 16 heavy (non-hydrogen) atoms. The van der Waals surface area contributed by atoms with Crippen LogP contribution in [0.3, 0.4) is 0 Å². The first-order valence-electron chi connectivity index (χ1n) is 5.08. The van der Waals surface area contributed by atoms with E-state index >= 15 is 0 Å². The summed E-state index contributed by atoms with van der Waals surface area (Å²) >= 11 is 3.39. The van der Waals surface area contributed by atoms with Crippen LogP contribution in [0.4, 0.5) is 0 Å². The van der Waals surface area contributed by atoms with Crippen molar-refractivity contribution in [2.45, 2.75) is 12.5 Å². The maximum Gasteiger partial charge on any atom is 0.282 e. The van der Waals surface area contributed by atoms with Crippen LogP contribution in [-0.2, 0) is 4.74 Å². The van der Waals surface area contributed by atoms with E-state index in [1.807, 2.05) is 24.3 Å². The molecule has 0 bridgehead atoms. The molecular weight excluding hydrogens is 272 g/mol. The molecule has 2 rings (SSSR count). The highest BCUT2D eigenvalue weighted by Crippen LogP contribution is 2.18.